The predicted octanol–water partition coefficient (Wildman–Crippen LogP) is 5.06. The summed E-state index contributed by atoms with van der Waals surface area (Å²) in [7, 11) is 0. The summed E-state index contributed by atoms with van der Waals surface area (Å²) in [5, 5.41) is 5.88. The number of carbonyl (C=O) groups is 2. The van der Waals surface area contributed by atoms with Crippen LogP contribution in [0.2, 0.25) is 0 Å². The van der Waals surface area contributed by atoms with E-state index < -0.39 is 0 Å². The lowest BCUT2D eigenvalue weighted by molar-refractivity contribution is -0.117. The molecule has 0 bridgehead atoms. The molecule has 4 heteroatoms. The van der Waals surface area contributed by atoms with Gasteiger partial charge < -0.3 is 10.6 Å². The maximum absolute atomic E-state index is 12.9. The maximum Gasteiger partial charge on any atom is 0.253 e. The van der Waals surface area contributed by atoms with Crippen LogP contribution in [-0.2, 0) is 11.3 Å². The minimum absolute atomic E-state index is 0.113. The highest BCUT2D eigenvalue weighted by Crippen LogP contribution is 2.23. The van der Waals surface area contributed by atoms with Gasteiger partial charge in [0.25, 0.3) is 5.91 Å². The van der Waals surface area contributed by atoms with Gasteiger partial charge in [0.2, 0.25) is 5.91 Å². The Balaban J connectivity index is 1.71. The first-order valence-corrected chi connectivity index (χ1v) is 9.87. The molecule has 4 nitrogen and oxygen atoms in total. The zero-order valence-electron chi connectivity index (χ0n) is 16.8. The highest BCUT2D eigenvalue weighted by Gasteiger charge is 2.20. The fraction of sp³-hybridized carbons (Fsp3) is 0.200. The number of amides is 2. The smallest absolute Gasteiger partial charge is 0.253 e. The Morgan fingerprint density at radius 2 is 1.52 bits per heavy atom. The summed E-state index contributed by atoms with van der Waals surface area (Å²) in [6.45, 7) is 4.45. The molecule has 29 heavy (non-hydrogen) atoms. The van der Waals surface area contributed by atoms with Crippen LogP contribution in [-0.4, -0.2) is 11.8 Å². The summed E-state index contributed by atoms with van der Waals surface area (Å²) in [5.74, 6) is -0.591. The van der Waals surface area contributed by atoms with Gasteiger partial charge in [-0.15, -0.1) is 0 Å². The quantitative estimate of drug-likeness (QED) is 0.596. The fourth-order valence-electron chi connectivity index (χ4n) is 3.25. The van der Waals surface area contributed by atoms with Crippen molar-refractivity contribution in [3.05, 3.63) is 101 Å². The molecule has 3 rings (SSSR count). The van der Waals surface area contributed by atoms with E-state index in [2.05, 4.69) is 10.6 Å². The first-order valence-electron chi connectivity index (χ1n) is 9.87. The van der Waals surface area contributed by atoms with E-state index >= 15 is 0 Å². The molecular formula is C25H26N2O2. The van der Waals surface area contributed by atoms with Gasteiger partial charge in [0.15, 0.2) is 0 Å². The average molecular weight is 386 g/mol. The van der Waals surface area contributed by atoms with Crippen molar-refractivity contribution >= 4 is 17.5 Å². The number of benzene rings is 3. The monoisotopic (exact) mass is 386 g/mol. The van der Waals surface area contributed by atoms with Crippen LogP contribution in [0, 0.1) is 6.92 Å². The molecule has 0 radical (unpaired) electrons. The van der Waals surface area contributed by atoms with E-state index in [-0.39, 0.29) is 17.7 Å². The van der Waals surface area contributed by atoms with Crippen molar-refractivity contribution < 1.29 is 9.59 Å². The van der Waals surface area contributed by atoms with Crippen LogP contribution >= 0.6 is 0 Å². The Kier molecular flexibility index (Phi) is 6.80. The predicted molar refractivity (Wildman–Crippen MR) is 117 cm³/mol. The molecule has 3 aromatic rings. The van der Waals surface area contributed by atoms with Gasteiger partial charge in [-0.05, 0) is 36.6 Å². The first kappa shape index (κ1) is 20.3. The van der Waals surface area contributed by atoms with E-state index in [4.69, 9.17) is 0 Å². The zero-order valence-corrected chi connectivity index (χ0v) is 16.8. The van der Waals surface area contributed by atoms with Gasteiger partial charge in [0.05, 0.1) is 17.2 Å². The summed E-state index contributed by atoms with van der Waals surface area (Å²) >= 11 is 0. The normalized spacial score (nSPS) is 11.5. The lowest BCUT2D eigenvalue weighted by Gasteiger charge is -2.17. The third-order valence-corrected chi connectivity index (χ3v) is 4.93. The Bertz CT molecular complexity index is 966. The summed E-state index contributed by atoms with van der Waals surface area (Å²) in [4.78, 5) is 25.6. The Hall–Kier alpha value is -3.40. The highest BCUT2D eigenvalue weighted by molar-refractivity contribution is 6.05. The number of para-hydroxylation sites is 1. The molecule has 0 aliphatic heterocycles. The SMILES string of the molecule is CCC(C(=O)Nc1ccccc1C(=O)NCc1ccc(C)cc1)c1ccccc1. The van der Waals surface area contributed by atoms with Crippen molar-refractivity contribution in [3.63, 3.8) is 0 Å². The topological polar surface area (TPSA) is 58.2 Å². The maximum atomic E-state index is 12.9. The van der Waals surface area contributed by atoms with Crippen LogP contribution in [0.25, 0.3) is 0 Å². The van der Waals surface area contributed by atoms with Crippen molar-refractivity contribution in [2.75, 3.05) is 5.32 Å². The van der Waals surface area contributed by atoms with E-state index in [1.807, 2.05) is 74.5 Å². The van der Waals surface area contributed by atoms with Crippen LogP contribution in [0.15, 0.2) is 78.9 Å². The van der Waals surface area contributed by atoms with Gasteiger partial charge in [-0.2, -0.15) is 0 Å². The van der Waals surface area contributed by atoms with E-state index in [1.54, 1.807) is 18.2 Å². The Morgan fingerprint density at radius 3 is 2.21 bits per heavy atom. The Morgan fingerprint density at radius 1 is 0.862 bits per heavy atom. The molecule has 0 saturated heterocycles. The molecular weight excluding hydrogens is 360 g/mol. The van der Waals surface area contributed by atoms with E-state index in [0.717, 1.165) is 11.1 Å². The van der Waals surface area contributed by atoms with Crippen LogP contribution in [0.3, 0.4) is 0 Å². The molecule has 0 spiro atoms. The Labute approximate surface area is 172 Å². The second-order valence-electron chi connectivity index (χ2n) is 7.07. The summed E-state index contributed by atoms with van der Waals surface area (Å²) < 4.78 is 0. The van der Waals surface area contributed by atoms with Gasteiger partial charge in [-0.3, -0.25) is 9.59 Å². The molecule has 2 N–H and O–H groups in total. The van der Waals surface area contributed by atoms with Crippen LogP contribution in [0.5, 0.6) is 0 Å². The molecule has 1 atom stereocenters. The molecule has 3 aromatic carbocycles. The second-order valence-corrected chi connectivity index (χ2v) is 7.07. The number of carbonyl (C=O) groups excluding carboxylic acids is 2. The number of anilines is 1. The number of nitrogens with one attached hydrogen (secondary N) is 2. The number of rotatable bonds is 7. The number of hydrogen-bond donors (Lipinski definition) is 2. The van der Waals surface area contributed by atoms with Crippen molar-refractivity contribution in [1.29, 1.82) is 0 Å². The van der Waals surface area contributed by atoms with Gasteiger partial charge in [0, 0.05) is 6.54 Å². The lowest BCUT2D eigenvalue weighted by atomic mass is 9.95. The largest absolute Gasteiger partial charge is 0.348 e. The number of aryl methyl sites for hydroxylation is 1. The van der Waals surface area contributed by atoms with Crippen molar-refractivity contribution in [2.45, 2.75) is 32.7 Å². The van der Waals surface area contributed by atoms with Crippen molar-refractivity contribution in [2.24, 2.45) is 0 Å². The average Bonchev–Trinajstić information content (AvgIpc) is 2.75. The molecule has 0 fully saturated rings. The van der Waals surface area contributed by atoms with Crippen molar-refractivity contribution in [1.82, 2.24) is 5.32 Å². The van der Waals surface area contributed by atoms with E-state index in [1.165, 1.54) is 5.56 Å². The summed E-state index contributed by atoms with van der Waals surface area (Å²) in [6.07, 6.45) is 0.678. The van der Waals surface area contributed by atoms with Crippen LogP contribution in [0.1, 0.15) is 46.3 Å². The van der Waals surface area contributed by atoms with Gasteiger partial charge in [0.1, 0.15) is 0 Å². The molecule has 0 saturated carbocycles. The molecule has 2 amide bonds. The zero-order chi connectivity index (χ0) is 20.6. The first-order chi connectivity index (χ1) is 14.1. The standard InChI is InChI=1S/C25H26N2O2/c1-3-21(20-9-5-4-6-10-20)25(29)27-23-12-8-7-11-22(23)24(28)26-17-19-15-13-18(2)14-16-19/h4-16,21H,3,17H2,1-2H3,(H,26,28)(H,27,29). The molecule has 148 valence electrons. The second kappa shape index (κ2) is 9.69. The number of hydrogen-bond acceptors (Lipinski definition) is 2. The highest BCUT2D eigenvalue weighted by atomic mass is 16.2. The van der Waals surface area contributed by atoms with E-state index in [0.29, 0.717) is 24.2 Å². The van der Waals surface area contributed by atoms with Gasteiger partial charge in [-0.25, -0.2) is 0 Å². The molecule has 0 aromatic heterocycles. The summed E-state index contributed by atoms with van der Waals surface area (Å²) in [5.41, 5.74) is 4.15. The van der Waals surface area contributed by atoms with Crippen LogP contribution in [0.4, 0.5) is 5.69 Å². The minimum Gasteiger partial charge on any atom is -0.348 e. The molecule has 0 heterocycles. The third kappa shape index (κ3) is 5.32. The van der Waals surface area contributed by atoms with E-state index in [9.17, 15) is 9.59 Å². The van der Waals surface area contributed by atoms with Gasteiger partial charge in [-0.1, -0.05) is 79.2 Å². The van der Waals surface area contributed by atoms with Gasteiger partial charge >= 0.3 is 0 Å². The van der Waals surface area contributed by atoms with Crippen molar-refractivity contribution in [3.8, 4) is 0 Å². The third-order valence-electron chi connectivity index (χ3n) is 4.93. The fourth-order valence-corrected chi connectivity index (χ4v) is 3.25. The molecule has 0 aliphatic rings. The molecule has 0 aliphatic carbocycles. The molecule has 1 unspecified atom stereocenters. The summed E-state index contributed by atoms with van der Waals surface area (Å²) in [6, 6.07) is 24.8. The lowest BCUT2D eigenvalue weighted by Crippen LogP contribution is -2.26. The van der Waals surface area contributed by atoms with Crippen LogP contribution < -0.4 is 10.6 Å². The minimum atomic E-state index is -0.264.